The molecule has 1 amide bonds. The lowest BCUT2D eigenvalue weighted by atomic mass is 10.1. The van der Waals surface area contributed by atoms with E-state index < -0.39 is 0 Å². The highest BCUT2D eigenvalue weighted by Crippen LogP contribution is 2.17. The quantitative estimate of drug-likeness (QED) is 0.830. The van der Waals surface area contributed by atoms with E-state index in [0.717, 1.165) is 11.1 Å². The number of amides is 1. The van der Waals surface area contributed by atoms with Gasteiger partial charge in [0.15, 0.2) is 0 Å². The summed E-state index contributed by atoms with van der Waals surface area (Å²) in [6.07, 6.45) is 0. The van der Waals surface area contributed by atoms with Gasteiger partial charge in [-0.2, -0.15) is 0 Å². The third-order valence-corrected chi connectivity index (χ3v) is 3.26. The van der Waals surface area contributed by atoms with Gasteiger partial charge in [0.2, 0.25) is 0 Å². The SMILES string of the molecule is Cc1cc(Cl)ccc1C(=O)N(C)Cc1ccccc1. The van der Waals surface area contributed by atoms with E-state index in [1.807, 2.05) is 50.4 Å². The number of hydrogen-bond donors (Lipinski definition) is 0. The molecule has 0 spiro atoms. The molecule has 19 heavy (non-hydrogen) atoms. The molecule has 0 aromatic heterocycles. The Morgan fingerprint density at radius 1 is 1.16 bits per heavy atom. The molecule has 0 bridgehead atoms. The van der Waals surface area contributed by atoms with Crippen LogP contribution < -0.4 is 0 Å². The summed E-state index contributed by atoms with van der Waals surface area (Å²) in [4.78, 5) is 14.1. The maximum atomic E-state index is 12.4. The molecule has 0 saturated heterocycles. The van der Waals surface area contributed by atoms with Crippen molar-refractivity contribution in [2.45, 2.75) is 13.5 Å². The van der Waals surface area contributed by atoms with E-state index in [2.05, 4.69) is 0 Å². The topological polar surface area (TPSA) is 20.3 Å². The number of nitrogens with zero attached hydrogens (tertiary/aromatic N) is 1. The second-order valence-corrected chi connectivity index (χ2v) is 5.04. The smallest absolute Gasteiger partial charge is 0.254 e. The first-order valence-electron chi connectivity index (χ1n) is 6.13. The van der Waals surface area contributed by atoms with Crippen molar-refractivity contribution in [2.75, 3.05) is 7.05 Å². The summed E-state index contributed by atoms with van der Waals surface area (Å²) < 4.78 is 0. The normalized spacial score (nSPS) is 10.3. The van der Waals surface area contributed by atoms with Crippen molar-refractivity contribution in [3.05, 3.63) is 70.2 Å². The summed E-state index contributed by atoms with van der Waals surface area (Å²) >= 11 is 5.91. The van der Waals surface area contributed by atoms with Crippen LogP contribution in [0.4, 0.5) is 0 Å². The number of benzene rings is 2. The fourth-order valence-corrected chi connectivity index (χ4v) is 2.23. The monoisotopic (exact) mass is 273 g/mol. The average molecular weight is 274 g/mol. The van der Waals surface area contributed by atoms with E-state index in [4.69, 9.17) is 11.6 Å². The molecular formula is C16H16ClNO. The minimum atomic E-state index is 0.0121. The van der Waals surface area contributed by atoms with Gasteiger partial charge in [-0.3, -0.25) is 4.79 Å². The van der Waals surface area contributed by atoms with Crippen molar-refractivity contribution >= 4 is 17.5 Å². The van der Waals surface area contributed by atoms with Gasteiger partial charge in [0.1, 0.15) is 0 Å². The van der Waals surface area contributed by atoms with Crippen LogP contribution >= 0.6 is 11.6 Å². The van der Waals surface area contributed by atoms with Gasteiger partial charge in [-0.15, -0.1) is 0 Å². The van der Waals surface area contributed by atoms with E-state index in [9.17, 15) is 4.79 Å². The third-order valence-electron chi connectivity index (χ3n) is 3.03. The molecule has 0 aliphatic carbocycles. The molecular weight excluding hydrogens is 258 g/mol. The number of aryl methyl sites for hydroxylation is 1. The highest BCUT2D eigenvalue weighted by Gasteiger charge is 2.14. The zero-order valence-electron chi connectivity index (χ0n) is 11.1. The molecule has 0 saturated carbocycles. The van der Waals surface area contributed by atoms with Crippen molar-refractivity contribution < 1.29 is 4.79 Å². The van der Waals surface area contributed by atoms with E-state index in [1.54, 1.807) is 17.0 Å². The van der Waals surface area contributed by atoms with Crippen LogP contribution in [-0.2, 0) is 6.54 Å². The first kappa shape index (κ1) is 13.6. The van der Waals surface area contributed by atoms with Crippen LogP contribution in [0.25, 0.3) is 0 Å². The molecule has 0 radical (unpaired) electrons. The summed E-state index contributed by atoms with van der Waals surface area (Å²) in [5, 5.41) is 0.653. The zero-order chi connectivity index (χ0) is 13.8. The molecule has 98 valence electrons. The molecule has 2 aromatic carbocycles. The standard InChI is InChI=1S/C16H16ClNO/c1-12-10-14(17)8-9-15(12)16(19)18(2)11-13-6-4-3-5-7-13/h3-10H,11H2,1-2H3. The van der Waals surface area contributed by atoms with E-state index >= 15 is 0 Å². The minimum Gasteiger partial charge on any atom is -0.337 e. The number of halogens is 1. The molecule has 0 aliphatic heterocycles. The Hall–Kier alpha value is -1.80. The largest absolute Gasteiger partial charge is 0.337 e. The van der Waals surface area contributed by atoms with Gasteiger partial charge < -0.3 is 4.90 Å². The van der Waals surface area contributed by atoms with Crippen molar-refractivity contribution in [3.8, 4) is 0 Å². The lowest BCUT2D eigenvalue weighted by molar-refractivity contribution is 0.0784. The van der Waals surface area contributed by atoms with Crippen molar-refractivity contribution in [1.82, 2.24) is 4.90 Å². The Balaban J connectivity index is 2.15. The van der Waals surface area contributed by atoms with Crippen molar-refractivity contribution in [1.29, 1.82) is 0 Å². The Bertz CT molecular complexity index is 581. The molecule has 0 aliphatic rings. The van der Waals surface area contributed by atoms with Crippen LogP contribution in [0.2, 0.25) is 5.02 Å². The zero-order valence-corrected chi connectivity index (χ0v) is 11.8. The number of carbonyl (C=O) groups is 1. The van der Waals surface area contributed by atoms with Crippen LogP contribution in [0.15, 0.2) is 48.5 Å². The van der Waals surface area contributed by atoms with Gasteiger partial charge in [-0.1, -0.05) is 41.9 Å². The molecule has 3 heteroatoms. The van der Waals surface area contributed by atoms with E-state index in [-0.39, 0.29) is 5.91 Å². The second kappa shape index (κ2) is 5.89. The third kappa shape index (κ3) is 3.36. The van der Waals surface area contributed by atoms with Crippen LogP contribution in [-0.4, -0.2) is 17.9 Å². The summed E-state index contributed by atoms with van der Waals surface area (Å²) in [6, 6.07) is 15.3. The molecule has 2 rings (SSSR count). The molecule has 2 nitrogen and oxygen atoms in total. The van der Waals surface area contributed by atoms with Crippen LogP contribution in [0.3, 0.4) is 0 Å². The first-order chi connectivity index (χ1) is 9.08. The summed E-state index contributed by atoms with van der Waals surface area (Å²) in [5.41, 5.74) is 2.71. The fourth-order valence-electron chi connectivity index (χ4n) is 2.00. The molecule has 0 N–H and O–H groups in total. The Kier molecular flexibility index (Phi) is 4.23. The highest BCUT2D eigenvalue weighted by molar-refractivity contribution is 6.30. The Morgan fingerprint density at radius 3 is 2.47 bits per heavy atom. The maximum Gasteiger partial charge on any atom is 0.254 e. The lowest BCUT2D eigenvalue weighted by Crippen LogP contribution is -2.26. The highest BCUT2D eigenvalue weighted by atomic mass is 35.5. The number of hydrogen-bond acceptors (Lipinski definition) is 1. The average Bonchev–Trinajstić information content (AvgIpc) is 2.39. The maximum absolute atomic E-state index is 12.4. The van der Waals surface area contributed by atoms with Gasteiger partial charge in [-0.25, -0.2) is 0 Å². The lowest BCUT2D eigenvalue weighted by Gasteiger charge is -2.18. The summed E-state index contributed by atoms with van der Waals surface area (Å²) in [5.74, 6) is 0.0121. The Morgan fingerprint density at radius 2 is 1.84 bits per heavy atom. The van der Waals surface area contributed by atoms with Crippen molar-refractivity contribution in [2.24, 2.45) is 0 Å². The molecule has 0 unspecified atom stereocenters. The van der Waals surface area contributed by atoms with Crippen LogP contribution in [0, 0.1) is 6.92 Å². The van der Waals surface area contributed by atoms with Gasteiger partial charge >= 0.3 is 0 Å². The van der Waals surface area contributed by atoms with E-state index in [1.165, 1.54) is 0 Å². The predicted molar refractivity (Wildman–Crippen MR) is 78.4 cm³/mol. The van der Waals surface area contributed by atoms with Crippen molar-refractivity contribution in [3.63, 3.8) is 0 Å². The minimum absolute atomic E-state index is 0.0121. The van der Waals surface area contributed by atoms with Gasteiger partial charge in [0.25, 0.3) is 5.91 Å². The summed E-state index contributed by atoms with van der Waals surface area (Å²) in [7, 11) is 1.81. The van der Waals surface area contributed by atoms with Crippen LogP contribution in [0.1, 0.15) is 21.5 Å². The summed E-state index contributed by atoms with van der Waals surface area (Å²) in [6.45, 7) is 2.50. The number of rotatable bonds is 3. The fraction of sp³-hybridized carbons (Fsp3) is 0.188. The Labute approximate surface area is 118 Å². The molecule has 0 fully saturated rings. The first-order valence-corrected chi connectivity index (χ1v) is 6.51. The molecule has 0 heterocycles. The number of carbonyl (C=O) groups excluding carboxylic acids is 1. The predicted octanol–water partition coefficient (Wildman–Crippen LogP) is 3.92. The van der Waals surface area contributed by atoms with E-state index in [0.29, 0.717) is 17.1 Å². The second-order valence-electron chi connectivity index (χ2n) is 4.61. The van der Waals surface area contributed by atoms with Gasteiger partial charge in [0.05, 0.1) is 0 Å². The molecule has 2 aromatic rings. The molecule has 0 atom stereocenters. The van der Waals surface area contributed by atoms with Gasteiger partial charge in [0, 0.05) is 24.2 Å². The van der Waals surface area contributed by atoms with Crippen LogP contribution in [0.5, 0.6) is 0 Å². The van der Waals surface area contributed by atoms with Gasteiger partial charge in [-0.05, 0) is 36.2 Å².